The first-order valence-electron chi connectivity index (χ1n) is 7.23. The topological polar surface area (TPSA) is 74.6 Å². The van der Waals surface area contributed by atoms with Crippen LogP contribution in [0.15, 0.2) is 0 Å². The summed E-state index contributed by atoms with van der Waals surface area (Å²) in [5.41, 5.74) is 0. The van der Waals surface area contributed by atoms with Crippen molar-refractivity contribution >= 4 is 10.4 Å². The molecular weight excluding hydrogens is 709 g/mol. The molecule has 1 aromatic rings. The molecule has 0 aromatic heterocycles. The van der Waals surface area contributed by atoms with Crippen LogP contribution in [-0.2, 0) is 10.4 Å². The third-order valence-corrected chi connectivity index (χ3v) is 6.11. The van der Waals surface area contributed by atoms with Gasteiger partial charge in [0.05, 0.1) is 0 Å². The Balaban J connectivity index is 0.00000222. The van der Waals surface area contributed by atoms with Crippen molar-refractivity contribution in [3.63, 3.8) is 0 Å². The molecule has 0 bridgehead atoms. The fourth-order valence-corrected chi connectivity index (χ4v) is 3.89. The van der Waals surface area contributed by atoms with E-state index in [0.717, 1.165) is 0 Å². The van der Waals surface area contributed by atoms with Gasteiger partial charge < -0.3 is 0 Å². The van der Waals surface area contributed by atoms with E-state index >= 15 is 0 Å². The van der Waals surface area contributed by atoms with Gasteiger partial charge in [-0.15, -0.1) is 0 Å². The van der Waals surface area contributed by atoms with Crippen molar-refractivity contribution in [2.75, 3.05) is 0 Å². The second-order valence-corrected chi connectivity index (χ2v) is 9.59. The predicted molar refractivity (Wildman–Crippen MR) is 69.9 cm³/mol. The molecule has 0 spiro atoms. The molecule has 0 radical (unpaired) electrons. The summed E-state index contributed by atoms with van der Waals surface area (Å²) in [5, 5.41) is 0. The van der Waals surface area contributed by atoms with Gasteiger partial charge in [0.2, 0.25) is 29.1 Å². The van der Waals surface area contributed by atoms with Gasteiger partial charge in [-0.2, -0.15) is 74.3 Å². The van der Waals surface area contributed by atoms with Crippen molar-refractivity contribution < 1.29 is 118 Å². The van der Waals surface area contributed by atoms with Gasteiger partial charge in [-0.05, 0) is 0 Å². The summed E-state index contributed by atoms with van der Waals surface area (Å²) < 4.78 is 255. The molecule has 0 atom stereocenters. The van der Waals surface area contributed by atoms with Crippen LogP contribution in [-0.4, -0.2) is 51.3 Å². The van der Waals surface area contributed by atoms with Crippen molar-refractivity contribution in [1.29, 1.82) is 0 Å². The molecule has 0 unspecified atom stereocenters. The molecule has 24 heteroatoms. The van der Waals surface area contributed by atoms with Gasteiger partial charge in [0.1, 0.15) is 0 Å². The first-order chi connectivity index (χ1) is 15.4. The van der Waals surface area contributed by atoms with Crippen LogP contribution in [0.25, 0.3) is 0 Å². The zero-order valence-electron chi connectivity index (χ0n) is 15.3. The summed E-state index contributed by atoms with van der Waals surface area (Å²) in [6.45, 7) is 0. The average molecular weight is 711 g/mol. The Morgan fingerprint density at radius 2 is 0.750 bits per heavy atom. The normalized spacial score (nSPS) is 14.4. The summed E-state index contributed by atoms with van der Waals surface area (Å²) in [6.07, 6.45) is -7.66. The van der Waals surface area contributed by atoms with Crippen molar-refractivity contribution in [3.05, 3.63) is 32.7 Å². The molecule has 0 amide bonds. The van der Waals surface area contributed by atoms with Gasteiger partial charge in [-0.25, -0.2) is 13.2 Å². The van der Waals surface area contributed by atoms with Gasteiger partial charge in [0, 0.05) is 0 Å². The van der Waals surface area contributed by atoms with E-state index in [4.69, 9.17) is 17.5 Å². The van der Waals surface area contributed by atoms with Crippen molar-refractivity contribution in [3.8, 4) is 0 Å². The van der Waals surface area contributed by atoms with Crippen LogP contribution in [0.4, 0.5) is 79.0 Å². The van der Waals surface area contributed by atoms with E-state index in [1.807, 2.05) is 0 Å². The first-order valence-corrected chi connectivity index (χ1v) is 10.8. The molecule has 0 aliphatic rings. The highest BCUT2D eigenvalue weighted by Crippen LogP contribution is 2.59. The molecule has 0 aliphatic carbocycles. The Labute approximate surface area is 195 Å². The van der Waals surface area contributed by atoms with Crippen LogP contribution < -0.4 is 21.2 Å². The summed E-state index contributed by atoms with van der Waals surface area (Å²) in [7, 11) is -4.67. The molecule has 0 saturated carbocycles. The van der Waals surface area contributed by atoms with Crippen LogP contribution in [0.2, 0.25) is 0 Å². The molecule has 36 heavy (non-hydrogen) atoms. The second-order valence-electron chi connectivity index (χ2n) is 5.72. The van der Waals surface area contributed by atoms with Gasteiger partial charge >= 0.3 is 65.4 Å². The van der Waals surface area contributed by atoms with E-state index in [-0.39, 0.29) is 0 Å². The lowest BCUT2D eigenvalue weighted by molar-refractivity contribution is -0.794. The lowest BCUT2D eigenvalue weighted by Crippen LogP contribution is -3.68. The predicted octanol–water partition coefficient (Wildman–Crippen LogP) is 2.68. The Morgan fingerprint density at radius 3 is 1.03 bits per heavy atom. The van der Waals surface area contributed by atoms with E-state index in [1.54, 1.807) is 0 Å². The summed E-state index contributed by atoms with van der Waals surface area (Å²) in [5.74, 6) is -48.1. The van der Waals surface area contributed by atoms with Gasteiger partial charge in [0.15, 0.2) is 0 Å². The van der Waals surface area contributed by atoms with Gasteiger partial charge in [-0.1, -0.05) is 0 Å². The Hall–Kier alpha value is -1.44. The molecule has 0 saturated heterocycles. The minimum absolute atomic E-state index is 2.86. The number of hydrogen-bond donors (Lipinski definition) is 2. The lowest BCUT2D eigenvalue weighted by Gasteiger charge is -2.36. The number of benzene rings is 1. The second kappa shape index (κ2) is 10.0. The molecule has 4 nitrogen and oxygen atoms in total. The maximum atomic E-state index is 13.6. The smallest absolute Gasteiger partial charge is 0.264 e. The summed E-state index contributed by atoms with van der Waals surface area (Å²) >= 11 is -5.00. The number of alkyl halides is 14. The third kappa shape index (κ3) is 6.16. The average Bonchev–Trinajstić information content (AvgIpc) is 2.65. The molecule has 2 N–H and O–H groups in total. The third-order valence-electron chi connectivity index (χ3n) is 3.26. The van der Waals surface area contributed by atoms with Crippen molar-refractivity contribution in [2.24, 2.45) is 0 Å². The van der Waals surface area contributed by atoms with Crippen LogP contribution in [0, 0.1) is 32.7 Å². The SMILES string of the molecule is Fc1c(F)c(F)c([I+]C(F)(F)C(F)(F)C(F)(F)C(F)(F)C(F)(F)C(F)(F)F)c(F)c1F.O=S(=O)(O)O. The maximum Gasteiger partial charge on any atom is 0.517 e. The molecular formula is C12H2F18IO4S+. The quantitative estimate of drug-likeness (QED) is 0.119. The number of halogens is 19. The molecule has 212 valence electrons. The molecule has 1 aromatic carbocycles. The molecule has 0 fully saturated rings. The Morgan fingerprint density at radius 1 is 0.500 bits per heavy atom. The molecule has 0 heterocycles. The van der Waals surface area contributed by atoms with Crippen LogP contribution >= 0.6 is 0 Å². The van der Waals surface area contributed by atoms with E-state index in [2.05, 4.69) is 0 Å². The van der Waals surface area contributed by atoms with Crippen LogP contribution in [0.3, 0.4) is 0 Å². The maximum absolute atomic E-state index is 13.6. The highest BCUT2D eigenvalue weighted by molar-refractivity contribution is 7.79. The van der Waals surface area contributed by atoms with Gasteiger partial charge in [0.25, 0.3) is 3.57 Å². The highest BCUT2D eigenvalue weighted by atomic mass is 127. The standard InChI is InChI=1S/C12F18I.H2O4S/c13-1-2(14)4(16)6(5(17)3(1)15)31-12(29,30)10(24,25)8(20,21)7(18,19)9(22,23)11(26,27)28;1-5(2,3)4/h;(H2,1,2,3,4)/q+1;. The Kier molecular flexibility index (Phi) is 9.63. The fourth-order valence-electron chi connectivity index (χ4n) is 1.59. The van der Waals surface area contributed by atoms with Gasteiger partial charge in [-0.3, -0.25) is 9.11 Å². The van der Waals surface area contributed by atoms with Crippen LogP contribution in [0.1, 0.15) is 0 Å². The fraction of sp³-hybridized carbons (Fsp3) is 0.500. The number of rotatable bonds is 6. The van der Waals surface area contributed by atoms with Crippen molar-refractivity contribution in [1.82, 2.24) is 0 Å². The molecule has 0 aliphatic heterocycles. The first kappa shape index (κ1) is 34.6. The Bertz CT molecular complexity index is 1050. The van der Waals surface area contributed by atoms with Crippen LogP contribution in [0.5, 0.6) is 0 Å². The van der Waals surface area contributed by atoms with Crippen molar-refractivity contribution in [2.45, 2.75) is 33.8 Å². The van der Waals surface area contributed by atoms with E-state index in [9.17, 15) is 79.0 Å². The largest absolute Gasteiger partial charge is 0.517 e. The minimum atomic E-state index is -8.26. The summed E-state index contributed by atoms with van der Waals surface area (Å²) in [4.78, 5) is 0. The summed E-state index contributed by atoms with van der Waals surface area (Å²) in [6, 6.07) is 0. The number of hydrogen-bond acceptors (Lipinski definition) is 2. The lowest BCUT2D eigenvalue weighted by atomic mass is 9.98. The zero-order chi connectivity index (χ0) is 29.7. The van der Waals surface area contributed by atoms with E-state index in [1.165, 1.54) is 0 Å². The van der Waals surface area contributed by atoms with E-state index < -0.39 is 98.1 Å². The van der Waals surface area contributed by atoms with E-state index in [0.29, 0.717) is 0 Å². The minimum Gasteiger partial charge on any atom is -0.264 e. The monoisotopic (exact) mass is 711 g/mol. The zero-order valence-corrected chi connectivity index (χ0v) is 18.3. The highest BCUT2D eigenvalue weighted by Gasteiger charge is 2.93. The molecule has 1 rings (SSSR count).